The number of ether oxygens (including phenoxy) is 1. The molecule has 1 saturated heterocycles. The van der Waals surface area contributed by atoms with Gasteiger partial charge in [0.25, 0.3) is 11.8 Å². The summed E-state index contributed by atoms with van der Waals surface area (Å²) in [6.07, 6.45) is -0.232. The van der Waals surface area contributed by atoms with Crippen LogP contribution < -0.4 is 10.2 Å². The normalized spacial score (nSPS) is 17.3. The van der Waals surface area contributed by atoms with E-state index >= 15 is 0 Å². The summed E-state index contributed by atoms with van der Waals surface area (Å²) in [6.45, 7) is 6.83. The van der Waals surface area contributed by atoms with Gasteiger partial charge in [0.1, 0.15) is 6.61 Å². The summed E-state index contributed by atoms with van der Waals surface area (Å²) in [5, 5.41) is 2.91. The molecule has 0 bridgehead atoms. The van der Waals surface area contributed by atoms with Gasteiger partial charge >= 0.3 is 0 Å². The van der Waals surface area contributed by atoms with Crippen molar-refractivity contribution in [1.82, 2.24) is 5.32 Å². The van der Waals surface area contributed by atoms with Gasteiger partial charge in [-0.3, -0.25) is 9.59 Å². The van der Waals surface area contributed by atoms with Crippen LogP contribution in [0.2, 0.25) is 0 Å². The topological polar surface area (TPSA) is 58.6 Å². The average molecular weight is 352 g/mol. The number of anilines is 1. The van der Waals surface area contributed by atoms with Crippen LogP contribution in [0.3, 0.4) is 0 Å². The molecule has 26 heavy (non-hydrogen) atoms. The number of benzene rings is 2. The van der Waals surface area contributed by atoms with Crippen LogP contribution >= 0.6 is 0 Å². The van der Waals surface area contributed by atoms with Gasteiger partial charge in [0.05, 0.1) is 12.6 Å². The molecule has 0 radical (unpaired) electrons. The summed E-state index contributed by atoms with van der Waals surface area (Å²) >= 11 is 0. The molecule has 1 heterocycles. The number of carbonyl (C=O) groups excluding carboxylic acids is 2. The number of amides is 2. The summed E-state index contributed by atoms with van der Waals surface area (Å²) in [5.41, 5.74) is 4.88. The number of rotatable bonds is 4. The largest absolute Gasteiger partial charge is 0.365 e. The Kier molecular flexibility index (Phi) is 5.38. The summed E-state index contributed by atoms with van der Waals surface area (Å²) in [4.78, 5) is 26.2. The number of aryl methyl sites for hydroxylation is 3. The fourth-order valence-electron chi connectivity index (χ4n) is 2.91. The lowest BCUT2D eigenvalue weighted by atomic mass is 10.1. The SMILES string of the molecule is Cc1ccc(N2CC(CNC(=O)c3ccc(C)c(C)c3)OCC2=O)cc1. The van der Waals surface area contributed by atoms with Gasteiger partial charge in [0.15, 0.2) is 0 Å². The van der Waals surface area contributed by atoms with E-state index in [1.54, 1.807) is 4.90 Å². The minimum atomic E-state index is -0.232. The Morgan fingerprint density at radius 3 is 2.54 bits per heavy atom. The molecule has 5 heteroatoms. The maximum Gasteiger partial charge on any atom is 0.253 e. The smallest absolute Gasteiger partial charge is 0.253 e. The molecule has 1 atom stereocenters. The maximum absolute atomic E-state index is 12.4. The van der Waals surface area contributed by atoms with Crippen LogP contribution in [0.25, 0.3) is 0 Å². The van der Waals surface area contributed by atoms with Gasteiger partial charge in [-0.15, -0.1) is 0 Å². The lowest BCUT2D eigenvalue weighted by molar-refractivity contribution is -0.129. The van der Waals surface area contributed by atoms with E-state index in [9.17, 15) is 9.59 Å². The predicted octanol–water partition coefficient (Wildman–Crippen LogP) is 2.77. The molecule has 3 rings (SSSR count). The van der Waals surface area contributed by atoms with E-state index in [4.69, 9.17) is 4.74 Å². The van der Waals surface area contributed by atoms with Crippen LogP contribution in [-0.2, 0) is 9.53 Å². The number of morpholine rings is 1. The third-order valence-electron chi connectivity index (χ3n) is 4.73. The molecule has 0 aliphatic carbocycles. The molecule has 5 nitrogen and oxygen atoms in total. The van der Waals surface area contributed by atoms with Gasteiger partial charge in [-0.05, 0) is 56.2 Å². The monoisotopic (exact) mass is 352 g/mol. The van der Waals surface area contributed by atoms with Crippen LogP contribution in [0, 0.1) is 20.8 Å². The number of nitrogens with zero attached hydrogens (tertiary/aromatic N) is 1. The summed E-state index contributed by atoms with van der Waals surface area (Å²) in [6, 6.07) is 13.5. The van der Waals surface area contributed by atoms with Crippen LogP contribution in [0.4, 0.5) is 5.69 Å². The summed E-state index contributed by atoms with van der Waals surface area (Å²) in [7, 11) is 0. The van der Waals surface area contributed by atoms with Crippen LogP contribution in [0.1, 0.15) is 27.0 Å². The first-order chi connectivity index (χ1) is 12.4. The Bertz CT molecular complexity index is 815. The number of hydrogen-bond acceptors (Lipinski definition) is 3. The molecule has 2 aromatic carbocycles. The third-order valence-corrected chi connectivity index (χ3v) is 4.73. The van der Waals surface area contributed by atoms with Crippen molar-refractivity contribution in [2.75, 3.05) is 24.6 Å². The first kappa shape index (κ1) is 18.1. The van der Waals surface area contributed by atoms with E-state index in [0.29, 0.717) is 18.7 Å². The second-order valence-corrected chi connectivity index (χ2v) is 6.78. The van der Waals surface area contributed by atoms with Crippen molar-refractivity contribution in [1.29, 1.82) is 0 Å². The van der Waals surface area contributed by atoms with Gasteiger partial charge < -0.3 is 15.0 Å². The third kappa shape index (κ3) is 4.11. The first-order valence-corrected chi connectivity index (χ1v) is 8.78. The Labute approximate surface area is 154 Å². The lowest BCUT2D eigenvalue weighted by Gasteiger charge is -2.33. The number of nitrogens with one attached hydrogen (secondary N) is 1. The molecule has 1 N–H and O–H groups in total. The first-order valence-electron chi connectivity index (χ1n) is 8.78. The molecular formula is C21H24N2O3. The van der Waals surface area contributed by atoms with E-state index in [2.05, 4.69) is 5.32 Å². The molecule has 1 fully saturated rings. The minimum Gasteiger partial charge on any atom is -0.365 e. The Morgan fingerprint density at radius 1 is 1.12 bits per heavy atom. The number of carbonyl (C=O) groups is 2. The van der Waals surface area contributed by atoms with Crippen molar-refractivity contribution in [3.63, 3.8) is 0 Å². The van der Waals surface area contributed by atoms with E-state index in [1.807, 2.05) is 63.2 Å². The highest BCUT2D eigenvalue weighted by Gasteiger charge is 2.27. The molecule has 0 spiro atoms. The van der Waals surface area contributed by atoms with Gasteiger partial charge in [0, 0.05) is 17.8 Å². The van der Waals surface area contributed by atoms with E-state index in [0.717, 1.165) is 22.4 Å². The Hall–Kier alpha value is -2.66. The fourth-order valence-corrected chi connectivity index (χ4v) is 2.91. The summed E-state index contributed by atoms with van der Waals surface area (Å²) < 4.78 is 5.59. The van der Waals surface area contributed by atoms with Crippen molar-refractivity contribution in [3.05, 3.63) is 64.7 Å². The van der Waals surface area contributed by atoms with Crippen molar-refractivity contribution in [3.8, 4) is 0 Å². The molecule has 1 unspecified atom stereocenters. The Balaban J connectivity index is 1.61. The highest BCUT2D eigenvalue weighted by molar-refractivity contribution is 5.95. The molecule has 0 aromatic heterocycles. The van der Waals surface area contributed by atoms with E-state index < -0.39 is 0 Å². The second-order valence-electron chi connectivity index (χ2n) is 6.78. The average Bonchev–Trinajstić information content (AvgIpc) is 2.64. The molecular weight excluding hydrogens is 328 g/mol. The van der Waals surface area contributed by atoms with Crippen LogP contribution in [0.15, 0.2) is 42.5 Å². The molecule has 136 valence electrons. The van der Waals surface area contributed by atoms with Crippen molar-refractivity contribution in [2.24, 2.45) is 0 Å². The highest BCUT2D eigenvalue weighted by atomic mass is 16.5. The molecule has 0 saturated carbocycles. The number of hydrogen-bond donors (Lipinski definition) is 1. The van der Waals surface area contributed by atoms with E-state index in [-0.39, 0.29) is 24.5 Å². The maximum atomic E-state index is 12.4. The zero-order valence-corrected chi connectivity index (χ0v) is 15.4. The molecule has 1 aliphatic heterocycles. The van der Waals surface area contributed by atoms with Crippen molar-refractivity contribution in [2.45, 2.75) is 26.9 Å². The van der Waals surface area contributed by atoms with Gasteiger partial charge in [0.2, 0.25) is 0 Å². The van der Waals surface area contributed by atoms with Crippen molar-refractivity contribution < 1.29 is 14.3 Å². The highest BCUT2D eigenvalue weighted by Crippen LogP contribution is 2.19. The van der Waals surface area contributed by atoms with Crippen LogP contribution in [-0.4, -0.2) is 37.6 Å². The lowest BCUT2D eigenvalue weighted by Crippen LogP contribution is -2.50. The fraction of sp³-hybridized carbons (Fsp3) is 0.333. The molecule has 2 amide bonds. The molecule has 1 aliphatic rings. The Morgan fingerprint density at radius 2 is 1.85 bits per heavy atom. The second kappa shape index (κ2) is 7.70. The van der Waals surface area contributed by atoms with Gasteiger partial charge in [-0.1, -0.05) is 23.8 Å². The zero-order chi connectivity index (χ0) is 18.7. The van der Waals surface area contributed by atoms with Crippen LogP contribution in [0.5, 0.6) is 0 Å². The van der Waals surface area contributed by atoms with Crippen molar-refractivity contribution >= 4 is 17.5 Å². The quantitative estimate of drug-likeness (QED) is 0.920. The summed E-state index contributed by atoms with van der Waals surface area (Å²) in [5.74, 6) is -0.193. The predicted molar refractivity (Wildman–Crippen MR) is 102 cm³/mol. The molecule has 2 aromatic rings. The van der Waals surface area contributed by atoms with E-state index in [1.165, 1.54) is 0 Å². The van der Waals surface area contributed by atoms with Gasteiger partial charge in [-0.2, -0.15) is 0 Å². The minimum absolute atomic E-state index is 0.0258. The standard InChI is InChI=1S/C21H24N2O3/c1-14-4-8-18(9-5-14)23-12-19(26-13-20(23)24)11-22-21(25)17-7-6-15(2)16(3)10-17/h4-10,19H,11-13H2,1-3H3,(H,22,25). The van der Waals surface area contributed by atoms with Gasteiger partial charge in [-0.25, -0.2) is 0 Å². The zero-order valence-electron chi connectivity index (χ0n) is 15.4.